The minimum atomic E-state index is -0.414. The van der Waals surface area contributed by atoms with E-state index in [4.69, 9.17) is 4.74 Å². The lowest BCUT2D eigenvalue weighted by molar-refractivity contribution is -0.151. The highest BCUT2D eigenvalue weighted by atomic mass is 16.5. The van der Waals surface area contributed by atoms with Gasteiger partial charge in [0.15, 0.2) is 0 Å². The number of allylic oxidation sites excluding steroid dienone is 3. The Labute approximate surface area is 112 Å². The van der Waals surface area contributed by atoms with Crippen molar-refractivity contribution in [3.8, 4) is 0 Å². The third-order valence-corrected chi connectivity index (χ3v) is 2.53. The second kappa shape index (κ2) is 9.93. The summed E-state index contributed by atoms with van der Waals surface area (Å²) in [5, 5.41) is 0. The van der Waals surface area contributed by atoms with Crippen molar-refractivity contribution in [2.24, 2.45) is 5.41 Å². The van der Waals surface area contributed by atoms with Crippen LogP contribution in [0.4, 0.5) is 0 Å². The molecular weight excluding hydrogens is 224 g/mol. The fourth-order valence-corrected chi connectivity index (χ4v) is 1.34. The molecule has 0 amide bonds. The van der Waals surface area contributed by atoms with Gasteiger partial charge in [0.1, 0.15) is 6.61 Å². The maximum Gasteiger partial charge on any atom is 0.311 e. The summed E-state index contributed by atoms with van der Waals surface area (Å²) in [5.74, 6) is -0.157. The maximum atomic E-state index is 11.4. The lowest BCUT2D eigenvalue weighted by atomic mass is 9.97. The summed E-state index contributed by atoms with van der Waals surface area (Å²) in [7, 11) is 0. The number of hydrogen-bond acceptors (Lipinski definition) is 2. The van der Waals surface area contributed by atoms with Gasteiger partial charge in [0, 0.05) is 0 Å². The van der Waals surface area contributed by atoms with Crippen LogP contribution in [0, 0.1) is 5.41 Å². The molecule has 18 heavy (non-hydrogen) atoms. The molecule has 0 spiro atoms. The Morgan fingerprint density at radius 1 is 1.06 bits per heavy atom. The number of rotatable bonds is 8. The van der Waals surface area contributed by atoms with Crippen molar-refractivity contribution in [1.82, 2.24) is 0 Å². The minimum Gasteiger partial charge on any atom is -0.461 e. The molecular formula is C16H28O2. The van der Waals surface area contributed by atoms with Gasteiger partial charge >= 0.3 is 5.97 Å². The predicted octanol–water partition coefficient (Wildman–Crippen LogP) is 4.66. The third kappa shape index (κ3) is 10.1. The number of ether oxygens (including phenoxy) is 1. The molecule has 0 radical (unpaired) electrons. The van der Waals surface area contributed by atoms with E-state index in [9.17, 15) is 4.79 Å². The average molecular weight is 252 g/mol. The van der Waals surface area contributed by atoms with Gasteiger partial charge in [-0.1, -0.05) is 44.4 Å². The van der Waals surface area contributed by atoms with Gasteiger partial charge in [-0.2, -0.15) is 0 Å². The largest absolute Gasteiger partial charge is 0.461 e. The number of hydrogen-bond donors (Lipinski definition) is 0. The van der Waals surface area contributed by atoms with Crippen LogP contribution < -0.4 is 0 Å². The van der Waals surface area contributed by atoms with Crippen LogP contribution in [0.1, 0.15) is 59.8 Å². The van der Waals surface area contributed by atoms with E-state index in [0.717, 1.165) is 6.42 Å². The highest BCUT2D eigenvalue weighted by molar-refractivity contribution is 5.75. The maximum absolute atomic E-state index is 11.4. The van der Waals surface area contributed by atoms with Crippen molar-refractivity contribution in [2.75, 3.05) is 6.61 Å². The lowest BCUT2D eigenvalue weighted by Gasteiger charge is -2.15. The van der Waals surface area contributed by atoms with Crippen molar-refractivity contribution in [3.63, 3.8) is 0 Å². The lowest BCUT2D eigenvalue weighted by Crippen LogP contribution is -2.22. The summed E-state index contributed by atoms with van der Waals surface area (Å²) in [5.41, 5.74) is -0.414. The van der Waals surface area contributed by atoms with E-state index >= 15 is 0 Å². The molecule has 0 fully saturated rings. The molecule has 2 heteroatoms. The molecule has 0 aromatic rings. The van der Waals surface area contributed by atoms with Crippen LogP contribution in [0.2, 0.25) is 0 Å². The van der Waals surface area contributed by atoms with E-state index in [-0.39, 0.29) is 5.97 Å². The van der Waals surface area contributed by atoms with E-state index < -0.39 is 5.41 Å². The van der Waals surface area contributed by atoms with Crippen LogP contribution in [0.5, 0.6) is 0 Å². The molecule has 104 valence electrons. The van der Waals surface area contributed by atoms with Crippen molar-refractivity contribution >= 4 is 5.97 Å². The van der Waals surface area contributed by atoms with Gasteiger partial charge in [-0.25, -0.2) is 0 Å². The molecule has 0 aliphatic rings. The van der Waals surface area contributed by atoms with E-state index in [1.807, 2.05) is 39.0 Å². The van der Waals surface area contributed by atoms with Crippen molar-refractivity contribution < 1.29 is 9.53 Å². The van der Waals surface area contributed by atoms with Crippen LogP contribution in [-0.4, -0.2) is 12.6 Å². The molecule has 2 nitrogen and oxygen atoms in total. The zero-order valence-electron chi connectivity index (χ0n) is 12.4. The van der Waals surface area contributed by atoms with Crippen LogP contribution in [0.3, 0.4) is 0 Å². The van der Waals surface area contributed by atoms with Crippen LogP contribution in [-0.2, 0) is 9.53 Å². The highest BCUT2D eigenvalue weighted by Gasteiger charge is 2.22. The second-order valence-electron chi connectivity index (χ2n) is 5.55. The Kier molecular flexibility index (Phi) is 9.35. The van der Waals surface area contributed by atoms with Crippen LogP contribution >= 0.6 is 0 Å². The zero-order valence-corrected chi connectivity index (χ0v) is 12.4. The summed E-state index contributed by atoms with van der Waals surface area (Å²) in [6.45, 7) is 8.15. The summed E-state index contributed by atoms with van der Waals surface area (Å²) in [6.07, 6.45) is 14.3. The molecule has 0 aromatic heterocycles. The van der Waals surface area contributed by atoms with Gasteiger partial charge in [0.05, 0.1) is 5.41 Å². The molecule has 0 unspecified atom stereocenters. The fourth-order valence-electron chi connectivity index (χ4n) is 1.34. The first-order valence-electron chi connectivity index (χ1n) is 6.97. The average Bonchev–Trinajstić information content (AvgIpc) is 2.30. The van der Waals surface area contributed by atoms with Gasteiger partial charge < -0.3 is 4.74 Å². The van der Waals surface area contributed by atoms with Crippen molar-refractivity contribution in [1.29, 1.82) is 0 Å². The Hall–Kier alpha value is -1.05. The third-order valence-electron chi connectivity index (χ3n) is 2.53. The summed E-state index contributed by atoms with van der Waals surface area (Å²) in [6, 6.07) is 0. The standard InChI is InChI=1S/C16H28O2/c1-5-6-7-8-9-10-11-12-13-14-18-15(17)16(2,3)4/h10-13H,5-9,14H2,1-4H3/b11-10+,13-12+. The van der Waals surface area contributed by atoms with Gasteiger partial charge in [0.25, 0.3) is 0 Å². The zero-order chi connectivity index (χ0) is 13.9. The number of carbonyl (C=O) groups excluding carboxylic acids is 1. The highest BCUT2D eigenvalue weighted by Crippen LogP contribution is 2.14. The van der Waals surface area contributed by atoms with Gasteiger partial charge in [-0.15, -0.1) is 0 Å². The molecule has 0 aliphatic carbocycles. The van der Waals surface area contributed by atoms with Gasteiger partial charge in [-0.05, 0) is 39.7 Å². The molecule has 0 rings (SSSR count). The van der Waals surface area contributed by atoms with Crippen molar-refractivity contribution in [3.05, 3.63) is 24.3 Å². The first-order valence-corrected chi connectivity index (χ1v) is 6.97. The molecule has 0 aromatic carbocycles. The Morgan fingerprint density at radius 2 is 1.72 bits per heavy atom. The normalized spacial score (nSPS) is 12.4. The van der Waals surface area contributed by atoms with E-state index in [1.54, 1.807) is 0 Å². The quantitative estimate of drug-likeness (QED) is 0.357. The number of esters is 1. The number of unbranched alkanes of at least 4 members (excludes halogenated alkanes) is 4. The smallest absolute Gasteiger partial charge is 0.311 e. The summed E-state index contributed by atoms with van der Waals surface area (Å²) >= 11 is 0. The van der Waals surface area contributed by atoms with Gasteiger partial charge in [0.2, 0.25) is 0 Å². The van der Waals surface area contributed by atoms with Crippen LogP contribution in [0.25, 0.3) is 0 Å². The van der Waals surface area contributed by atoms with E-state index in [0.29, 0.717) is 6.61 Å². The molecule has 0 N–H and O–H groups in total. The number of carbonyl (C=O) groups is 1. The second-order valence-corrected chi connectivity index (χ2v) is 5.55. The fraction of sp³-hybridized carbons (Fsp3) is 0.688. The van der Waals surface area contributed by atoms with E-state index in [1.165, 1.54) is 25.7 Å². The first kappa shape index (κ1) is 16.9. The van der Waals surface area contributed by atoms with Crippen molar-refractivity contribution in [2.45, 2.75) is 59.8 Å². The molecule has 0 aliphatic heterocycles. The summed E-state index contributed by atoms with van der Waals surface area (Å²) < 4.78 is 5.11. The molecule has 0 atom stereocenters. The SMILES string of the molecule is CCCCCC/C=C/C=C/COC(=O)C(C)(C)C. The summed E-state index contributed by atoms with van der Waals surface area (Å²) in [4.78, 5) is 11.4. The Morgan fingerprint density at radius 3 is 2.33 bits per heavy atom. The molecule has 0 heterocycles. The molecule has 0 bridgehead atoms. The van der Waals surface area contributed by atoms with E-state index in [2.05, 4.69) is 13.0 Å². The Bertz CT molecular complexity index is 269. The van der Waals surface area contributed by atoms with Crippen LogP contribution in [0.15, 0.2) is 24.3 Å². The first-order chi connectivity index (χ1) is 8.48. The minimum absolute atomic E-state index is 0.157. The van der Waals surface area contributed by atoms with Gasteiger partial charge in [-0.3, -0.25) is 4.79 Å². The Balaban J connectivity index is 3.54. The predicted molar refractivity (Wildman–Crippen MR) is 77.5 cm³/mol. The topological polar surface area (TPSA) is 26.3 Å². The molecule has 0 saturated heterocycles. The molecule has 0 saturated carbocycles. The monoisotopic (exact) mass is 252 g/mol.